The Morgan fingerprint density at radius 3 is 2.44 bits per heavy atom. The van der Waals surface area contributed by atoms with Crippen LogP contribution in [0.5, 0.6) is 11.5 Å². The summed E-state index contributed by atoms with van der Waals surface area (Å²) in [5.41, 5.74) is 2.04. The number of amides is 1. The molecule has 1 N–H and O–H groups in total. The van der Waals surface area contributed by atoms with E-state index >= 15 is 0 Å². The number of hydrogen-bond acceptors (Lipinski definition) is 6. The number of aryl methyl sites for hydroxylation is 1. The summed E-state index contributed by atoms with van der Waals surface area (Å²) >= 11 is 6.39. The normalized spacial score (nSPS) is 11.5. The summed E-state index contributed by atoms with van der Waals surface area (Å²) in [4.78, 5) is 25.2. The van der Waals surface area contributed by atoms with Gasteiger partial charge in [0.15, 0.2) is 17.6 Å². The summed E-state index contributed by atoms with van der Waals surface area (Å²) in [6, 6.07) is 14.5. The van der Waals surface area contributed by atoms with Crippen molar-refractivity contribution in [1.29, 1.82) is 0 Å². The highest BCUT2D eigenvalue weighted by Gasteiger charge is 2.26. The lowest BCUT2D eigenvalue weighted by atomic mass is 10.2. The van der Waals surface area contributed by atoms with Crippen LogP contribution in [0.25, 0.3) is 5.69 Å². The van der Waals surface area contributed by atoms with Crippen LogP contribution < -0.4 is 14.8 Å². The molecule has 8 nitrogen and oxygen atoms in total. The summed E-state index contributed by atoms with van der Waals surface area (Å²) in [6.45, 7) is 3.38. The van der Waals surface area contributed by atoms with Gasteiger partial charge in [-0.3, -0.25) is 4.79 Å². The Hall–Kier alpha value is -3.52. The molecule has 168 valence electrons. The average molecular weight is 458 g/mol. The van der Waals surface area contributed by atoms with Crippen molar-refractivity contribution in [2.45, 2.75) is 26.5 Å². The summed E-state index contributed by atoms with van der Waals surface area (Å²) in [7, 11) is 3.08. The van der Waals surface area contributed by atoms with Gasteiger partial charge in [-0.1, -0.05) is 35.9 Å². The molecule has 0 aliphatic heterocycles. The van der Waals surface area contributed by atoms with Crippen molar-refractivity contribution in [3.05, 3.63) is 70.5 Å². The van der Waals surface area contributed by atoms with Crippen LogP contribution in [0.2, 0.25) is 5.15 Å². The van der Waals surface area contributed by atoms with Crippen LogP contribution in [-0.2, 0) is 16.1 Å². The fourth-order valence-electron chi connectivity index (χ4n) is 3.07. The van der Waals surface area contributed by atoms with Crippen molar-refractivity contribution in [1.82, 2.24) is 15.1 Å². The zero-order valence-corrected chi connectivity index (χ0v) is 19.0. The largest absolute Gasteiger partial charge is 0.493 e. The van der Waals surface area contributed by atoms with Gasteiger partial charge in [0.25, 0.3) is 5.91 Å². The van der Waals surface area contributed by atoms with Crippen molar-refractivity contribution in [2.75, 3.05) is 14.2 Å². The molecule has 3 rings (SSSR count). The molecule has 1 aromatic heterocycles. The molecule has 3 aromatic rings. The highest BCUT2D eigenvalue weighted by Crippen LogP contribution is 2.27. The van der Waals surface area contributed by atoms with Gasteiger partial charge in [-0.2, -0.15) is 5.10 Å². The minimum atomic E-state index is -1.03. The Kier molecular flexibility index (Phi) is 7.37. The van der Waals surface area contributed by atoms with Gasteiger partial charge in [-0.15, -0.1) is 0 Å². The van der Waals surface area contributed by atoms with E-state index in [0.29, 0.717) is 22.9 Å². The van der Waals surface area contributed by atoms with E-state index in [2.05, 4.69) is 10.4 Å². The molecule has 32 heavy (non-hydrogen) atoms. The number of carbonyl (C=O) groups is 2. The van der Waals surface area contributed by atoms with E-state index in [1.165, 1.54) is 18.7 Å². The van der Waals surface area contributed by atoms with E-state index in [4.69, 9.17) is 25.8 Å². The highest BCUT2D eigenvalue weighted by molar-refractivity contribution is 6.33. The van der Waals surface area contributed by atoms with Crippen LogP contribution in [0.1, 0.15) is 28.5 Å². The van der Waals surface area contributed by atoms with Gasteiger partial charge in [-0.05, 0) is 43.7 Å². The number of aromatic nitrogens is 2. The van der Waals surface area contributed by atoms with Gasteiger partial charge < -0.3 is 19.5 Å². The third-order valence-corrected chi connectivity index (χ3v) is 5.13. The number of nitrogens with zero attached hydrogens (tertiary/aromatic N) is 2. The van der Waals surface area contributed by atoms with Crippen LogP contribution >= 0.6 is 11.6 Å². The molecule has 0 radical (unpaired) electrons. The number of esters is 1. The maximum absolute atomic E-state index is 12.7. The molecular formula is C23H24ClN3O5. The maximum Gasteiger partial charge on any atom is 0.344 e. The molecule has 0 fully saturated rings. The summed E-state index contributed by atoms with van der Waals surface area (Å²) < 4.78 is 17.3. The molecule has 1 unspecified atom stereocenters. The number of methoxy groups -OCH3 is 2. The third-order valence-electron chi connectivity index (χ3n) is 4.78. The van der Waals surface area contributed by atoms with Crippen molar-refractivity contribution in [3.8, 4) is 17.2 Å². The molecule has 0 spiro atoms. The molecule has 0 saturated carbocycles. The predicted molar refractivity (Wildman–Crippen MR) is 120 cm³/mol. The van der Waals surface area contributed by atoms with Crippen molar-refractivity contribution >= 4 is 23.5 Å². The molecule has 2 aromatic carbocycles. The van der Waals surface area contributed by atoms with Gasteiger partial charge in [0, 0.05) is 6.54 Å². The third kappa shape index (κ3) is 5.03. The number of carbonyl (C=O) groups excluding carboxylic acids is 2. The predicted octanol–water partition coefficient (Wildman–Crippen LogP) is 3.71. The molecule has 0 aliphatic rings. The molecule has 0 aliphatic carbocycles. The van der Waals surface area contributed by atoms with E-state index in [-0.39, 0.29) is 17.3 Å². The number of nitrogens with one attached hydrogen (secondary N) is 1. The standard InChI is InChI=1S/C23H24ClN3O5/c1-14-20(21(24)27(26-14)17-8-6-5-7-9-17)23(29)32-15(2)22(28)25-13-16-10-11-18(30-3)19(12-16)31-4/h5-12,15H,13H2,1-4H3,(H,25,28). The van der Waals surface area contributed by atoms with Crippen LogP contribution in [0.4, 0.5) is 0 Å². The van der Waals surface area contributed by atoms with Gasteiger partial charge in [0.05, 0.1) is 25.6 Å². The Balaban J connectivity index is 1.64. The molecule has 1 amide bonds. The second-order valence-corrected chi connectivity index (χ2v) is 7.31. The van der Waals surface area contributed by atoms with Gasteiger partial charge in [0.1, 0.15) is 10.7 Å². The molecule has 1 atom stereocenters. The Bertz CT molecular complexity index is 1110. The zero-order valence-electron chi connectivity index (χ0n) is 18.2. The average Bonchev–Trinajstić information content (AvgIpc) is 3.11. The van der Waals surface area contributed by atoms with E-state index < -0.39 is 18.0 Å². The number of hydrogen-bond donors (Lipinski definition) is 1. The Morgan fingerprint density at radius 2 is 1.78 bits per heavy atom. The lowest BCUT2D eigenvalue weighted by molar-refractivity contribution is -0.129. The zero-order chi connectivity index (χ0) is 23.3. The van der Waals surface area contributed by atoms with Crippen LogP contribution in [0, 0.1) is 6.92 Å². The first-order chi connectivity index (χ1) is 15.3. The van der Waals surface area contributed by atoms with Crippen LogP contribution in [0.15, 0.2) is 48.5 Å². The number of benzene rings is 2. The van der Waals surface area contributed by atoms with Gasteiger partial charge in [0.2, 0.25) is 0 Å². The van der Waals surface area contributed by atoms with Crippen LogP contribution in [0.3, 0.4) is 0 Å². The highest BCUT2D eigenvalue weighted by atomic mass is 35.5. The van der Waals surface area contributed by atoms with Gasteiger partial charge in [-0.25, -0.2) is 9.48 Å². The minimum absolute atomic E-state index is 0.120. The van der Waals surface area contributed by atoms with Crippen molar-refractivity contribution in [2.24, 2.45) is 0 Å². The fraction of sp³-hybridized carbons (Fsp3) is 0.261. The second kappa shape index (κ2) is 10.2. The first-order valence-corrected chi connectivity index (χ1v) is 10.2. The van der Waals surface area contributed by atoms with Gasteiger partial charge >= 0.3 is 5.97 Å². The molecule has 1 heterocycles. The van der Waals surface area contributed by atoms with Crippen molar-refractivity contribution in [3.63, 3.8) is 0 Å². The molecule has 0 saturated heterocycles. The number of rotatable bonds is 8. The van der Waals surface area contributed by atoms with E-state index in [1.54, 1.807) is 32.2 Å². The number of halogens is 1. The molecule has 0 bridgehead atoms. The lowest BCUT2D eigenvalue weighted by Gasteiger charge is -2.14. The smallest absolute Gasteiger partial charge is 0.344 e. The Morgan fingerprint density at radius 1 is 1.09 bits per heavy atom. The van der Waals surface area contributed by atoms with E-state index in [9.17, 15) is 9.59 Å². The summed E-state index contributed by atoms with van der Waals surface area (Å²) in [5, 5.41) is 7.18. The minimum Gasteiger partial charge on any atom is -0.493 e. The summed E-state index contributed by atoms with van der Waals surface area (Å²) in [6.07, 6.45) is -1.03. The lowest BCUT2D eigenvalue weighted by Crippen LogP contribution is -2.35. The number of ether oxygens (including phenoxy) is 3. The monoisotopic (exact) mass is 457 g/mol. The van der Waals surface area contributed by atoms with E-state index in [0.717, 1.165) is 5.56 Å². The quantitative estimate of drug-likeness (QED) is 0.518. The SMILES string of the molecule is COc1ccc(CNC(=O)C(C)OC(=O)c2c(C)nn(-c3ccccc3)c2Cl)cc1OC. The van der Waals surface area contributed by atoms with Crippen LogP contribution in [-0.4, -0.2) is 42.0 Å². The fourth-order valence-corrected chi connectivity index (χ4v) is 3.42. The van der Waals surface area contributed by atoms with Crippen molar-refractivity contribution < 1.29 is 23.8 Å². The van der Waals surface area contributed by atoms with E-state index in [1.807, 2.05) is 30.3 Å². The topological polar surface area (TPSA) is 91.7 Å². The maximum atomic E-state index is 12.7. The first-order valence-electron chi connectivity index (χ1n) is 9.85. The Labute approximate surface area is 191 Å². The number of para-hydroxylation sites is 1. The first kappa shape index (κ1) is 23.1. The molecular weight excluding hydrogens is 434 g/mol. The summed E-state index contributed by atoms with van der Waals surface area (Å²) in [5.74, 6) is -0.0201. The second-order valence-electron chi connectivity index (χ2n) is 6.95. The molecule has 9 heteroatoms.